The van der Waals surface area contributed by atoms with Crippen LogP contribution < -0.4 is 5.32 Å². The van der Waals surface area contributed by atoms with E-state index in [1.165, 1.54) is 18.2 Å². The number of carbonyl (C=O) groups is 1. The third-order valence-corrected chi connectivity index (χ3v) is 2.68. The maximum absolute atomic E-state index is 13.5. The molecule has 19 heavy (non-hydrogen) atoms. The molecule has 98 valence electrons. The monoisotopic (exact) mass is 263 g/mol. The van der Waals surface area contributed by atoms with E-state index in [-0.39, 0.29) is 11.3 Å². The fourth-order valence-corrected chi connectivity index (χ4v) is 1.63. The van der Waals surface area contributed by atoms with Crippen molar-refractivity contribution in [1.82, 2.24) is 0 Å². The third-order valence-electron chi connectivity index (χ3n) is 2.68. The molecule has 3 nitrogen and oxygen atoms in total. The minimum absolute atomic E-state index is 0.0899. The van der Waals surface area contributed by atoms with Gasteiger partial charge in [0.05, 0.1) is 11.3 Å². The standard InChI is InChI=1S/C14H11F2NO2/c1-8-2-3-9(14(18)19)6-13(8)17-12-5-4-10(15)7-11(12)16/h2-7,17H,1H3,(H,18,19). The zero-order chi connectivity index (χ0) is 14.0. The van der Waals surface area contributed by atoms with Gasteiger partial charge >= 0.3 is 5.97 Å². The Bertz CT molecular complexity index is 641. The van der Waals surface area contributed by atoms with Crippen LogP contribution in [0.15, 0.2) is 36.4 Å². The van der Waals surface area contributed by atoms with Gasteiger partial charge in [0.1, 0.15) is 11.6 Å². The van der Waals surface area contributed by atoms with Gasteiger partial charge in [0, 0.05) is 11.8 Å². The lowest BCUT2D eigenvalue weighted by Crippen LogP contribution is -2.01. The summed E-state index contributed by atoms with van der Waals surface area (Å²) in [7, 11) is 0. The van der Waals surface area contributed by atoms with E-state index in [1.54, 1.807) is 13.0 Å². The maximum atomic E-state index is 13.5. The minimum atomic E-state index is -1.07. The van der Waals surface area contributed by atoms with Gasteiger partial charge in [-0.2, -0.15) is 0 Å². The SMILES string of the molecule is Cc1ccc(C(=O)O)cc1Nc1ccc(F)cc1F. The zero-order valence-electron chi connectivity index (χ0n) is 10.1. The van der Waals surface area contributed by atoms with E-state index >= 15 is 0 Å². The number of halogens is 2. The van der Waals surface area contributed by atoms with Crippen LogP contribution in [0.3, 0.4) is 0 Å². The molecule has 2 N–H and O–H groups in total. The molecular formula is C14H11F2NO2. The van der Waals surface area contributed by atoms with E-state index in [1.807, 2.05) is 0 Å². The van der Waals surface area contributed by atoms with E-state index < -0.39 is 17.6 Å². The first-order chi connectivity index (χ1) is 8.97. The number of carboxylic acid groups (broad SMARTS) is 1. The van der Waals surface area contributed by atoms with Crippen molar-refractivity contribution in [3.63, 3.8) is 0 Å². The molecule has 0 saturated carbocycles. The molecule has 0 bridgehead atoms. The molecule has 2 rings (SSSR count). The number of benzene rings is 2. The minimum Gasteiger partial charge on any atom is -0.478 e. The van der Waals surface area contributed by atoms with Crippen LogP contribution >= 0.6 is 0 Å². The molecule has 5 heteroatoms. The molecule has 0 aromatic heterocycles. The molecule has 0 atom stereocenters. The summed E-state index contributed by atoms with van der Waals surface area (Å²) in [6.07, 6.45) is 0. The van der Waals surface area contributed by atoms with Gasteiger partial charge in [-0.25, -0.2) is 13.6 Å². The van der Waals surface area contributed by atoms with Crippen molar-refractivity contribution in [2.75, 3.05) is 5.32 Å². The summed E-state index contributed by atoms with van der Waals surface area (Å²) < 4.78 is 26.3. The van der Waals surface area contributed by atoms with E-state index in [4.69, 9.17) is 5.11 Å². The van der Waals surface area contributed by atoms with Crippen LogP contribution in [0.25, 0.3) is 0 Å². The van der Waals surface area contributed by atoms with Crippen molar-refractivity contribution in [3.05, 3.63) is 59.2 Å². The second-order valence-electron chi connectivity index (χ2n) is 4.08. The van der Waals surface area contributed by atoms with E-state index in [9.17, 15) is 13.6 Å². The molecule has 2 aromatic rings. The molecule has 0 unspecified atom stereocenters. The highest BCUT2D eigenvalue weighted by Gasteiger charge is 2.09. The fraction of sp³-hybridized carbons (Fsp3) is 0.0714. The number of aryl methyl sites for hydroxylation is 1. The predicted molar refractivity (Wildman–Crippen MR) is 67.8 cm³/mol. The summed E-state index contributed by atoms with van der Waals surface area (Å²) in [6.45, 7) is 1.76. The summed E-state index contributed by atoms with van der Waals surface area (Å²) in [5.41, 5.74) is 1.40. The zero-order valence-corrected chi connectivity index (χ0v) is 10.1. The van der Waals surface area contributed by atoms with Crippen LogP contribution in [-0.4, -0.2) is 11.1 Å². The van der Waals surface area contributed by atoms with E-state index in [0.29, 0.717) is 5.69 Å². The van der Waals surface area contributed by atoms with E-state index in [0.717, 1.165) is 17.7 Å². The lowest BCUT2D eigenvalue weighted by Gasteiger charge is -2.11. The topological polar surface area (TPSA) is 49.3 Å². The van der Waals surface area contributed by atoms with Crippen molar-refractivity contribution in [2.24, 2.45) is 0 Å². The number of carboxylic acids is 1. The van der Waals surface area contributed by atoms with Crippen LogP contribution in [0.5, 0.6) is 0 Å². The average molecular weight is 263 g/mol. The van der Waals surface area contributed by atoms with E-state index in [2.05, 4.69) is 5.32 Å². The molecule has 0 fully saturated rings. The summed E-state index contributed by atoms with van der Waals surface area (Å²) in [5, 5.41) is 11.7. The number of hydrogen-bond acceptors (Lipinski definition) is 2. The Morgan fingerprint density at radius 1 is 1.11 bits per heavy atom. The van der Waals surface area contributed by atoms with Gasteiger partial charge in [-0.3, -0.25) is 0 Å². The molecule has 0 radical (unpaired) electrons. The van der Waals surface area contributed by atoms with Crippen molar-refractivity contribution < 1.29 is 18.7 Å². The van der Waals surface area contributed by atoms with Crippen LogP contribution in [0.1, 0.15) is 15.9 Å². The number of aromatic carboxylic acids is 1. The number of anilines is 2. The van der Waals surface area contributed by atoms with Crippen molar-refractivity contribution >= 4 is 17.3 Å². The second kappa shape index (κ2) is 5.06. The summed E-state index contributed by atoms with van der Waals surface area (Å²) in [4.78, 5) is 10.9. The molecule has 0 aliphatic heterocycles. The van der Waals surface area contributed by atoms with Crippen molar-refractivity contribution in [1.29, 1.82) is 0 Å². The molecule has 0 spiro atoms. The number of rotatable bonds is 3. The van der Waals surface area contributed by atoms with Gasteiger partial charge < -0.3 is 10.4 Å². The first-order valence-corrected chi connectivity index (χ1v) is 5.53. The van der Waals surface area contributed by atoms with Crippen LogP contribution in [0.2, 0.25) is 0 Å². The highest BCUT2D eigenvalue weighted by Crippen LogP contribution is 2.24. The highest BCUT2D eigenvalue weighted by molar-refractivity contribution is 5.89. The lowest BCUT2D eigenvalue weighted by molar-refractivity contribution is 0.0697. The normalized spacial score (nSPS) is 10.3. The molecular weight excluding hydrogens is 252 g/mol. The average Bonchev–Trinajstić information content (AvgIpc) is 2.34. The van der Waals surface area contributed by atoms with Crippen molar-refractivity contribution in [2.45, 2.75) is 6.92 Å². The summed E-state index contributed by atoms with van der Waals surface area (Å²) in [6, 6.07) is 7.63. The lowest BCUT2D eigenvalue weighted by atomic mass is 10.1. The predicted octanol–water partition coefficient (Wildman–Crippen LogP) is 3.72. The largest absolute Gasteiger partial charge is 0.478 e. The Morgan fingerprint density at radius 2 is 1.84 bits per heavy atom. The molecule has 0 heterocycles. The Kier molecular flexibility index (Phi) is 3.46. The Balaban J connectivity index is 2.37. The van der Waals surface area contributed by atoms with Gasteiger partial charge in [0.25, 0.3) is 0 Å². The van der Waals surface area contributed by atoms with Gasteiger partial charge in [-0.15, -0.1) is 0 Å². The summed E-state index contributed by atoms with van der Waals surface area (Å²) in [5.74, 6) is -2.47. The fourth-order valence-electron chi connectivity index (χ4n) is 1.63. The van der Waals surface area contributed by atoms with Gasteiger partial charge in [0.2, 0.25) is 0 Å². The van der Waals surface area contributed by atoms with Crippen LogP contribution in [0.4, 0.5) is 20.2 Å². The Labute approximate surface area is 108 Å². The number of nitrogens with one attached hydrogen (secondary N) is 1. The number of hydrogen-bond donors (Lipinski definition) is 2. The molecule has 0 saturated heterocycles. The second-order valence-corrected chi connectivity index (χ2v) is 4.08. The van der Waals surface area contributed by atoms with Gasteiger partial charge in [-0.1, -0.05) is 6.07 Å². The molecule has 0 aliphatic carbocycles. The Morgan fingerprint density at radius 3 is 2.47 bits per heavy atom. The van der Waals surface area contributed by atoms with Gasteiger partial charge in [-0.05, 0) is 36.8 Å². The highest BCUT2D eigenvalue weighted by atomic mass is 19.1. The maximum Gasteiger partial charge on any atom is 0.335 e. The van der Waals surface area contributed by atoms with Crippen LogP contribution in [-0.2, 0) is 0 Å². The first kappa shape index (κ1) is 13.0. The Hall–Kier alpha value is -2.43. The molecule has 0 aliphatic rings. The van der Waals surface area contributed by atoms with Crippen LogP contribution in [0, 0.1) is 18.6 Å². The quantitative estimate of drug-likeness (QED) is 0.887. The smallest absolute Gasteiger partial charge is 0.335 e. The molecule has 0 amide bonds. The molecule has 2 aromatic carbocycles. The first-order valence-electron chi connectivity index (χ1n) is 5.53. The third kappa shape index (κ3) is 2.88. The van der Waals surface area contributed by atoms with Gasteiger partial charge in [0.15, 0.2) is 0 Å². The van der Waals surface area contributed by atoms with Crippen molar-refractivity contribution in [3.8, 4) is 0 Å². The summed E-state index contributed by atoms with van der Waals surface area (Å²) >= 11 is 0.